The summed E-state index contributed by atoms with van der Waals surface area (Å²) in [6, 6.07) is 13.6. The second kappa shape index (κ2) is 7.09. The molecule has 0 fully saturated rings. The standard InChI is InChI=1S/C16H15ClINO/c1-11-3-2-4-12(9-11)7-8-19-16(20)14-10-13(17)5-6-15(14)18/h2-6,9-10H,7-8H2,1H3,(H,19,20). The fourth-order valence-electron chi connectivity index (χ4n) is 1.95. The molecule has 2 rings (SSSR count). The molecule has 0 spiro atoms. The van der Waals surface area contributed by atoms with E-state index in [-0.39, 0.29) is 5.91 Å². The second-order valence-corrected chi connectivity index (χ2v) is 6.22. The second-order valence-electron chi connectivity index (χ2n) is 4.62. The molecule has 1 amide bonds. The molecule has 0 heterocycles. The lowest BCUT2D eigenvalue weighted by Crippen LogP contribution is -2.26. The van der Waals surface area contributed by atoms with Crippen LogP contribution in [0.4, 0.5) is 0 Å². The maximum Gasteiger partial charge on any atom is 0.252 e. The largest absolute Gasteiger partial charge is 0.352 e. The number of benzene rings is 2. The van der Waals surface area contributed by atoms with Gasteiger partial charge in [-0.05, 0) is 59.7 Å². The number of aryl methyl sites for hydroxylation is 1. The Morgan fingerprint density at radius 1 is 1.25 bits per heavy atom. The number of rotatable bonds is 4. The third-order valence-electron chi connectivity index (χ3n) is 2.95. The first kappa shape index (κ1) is 15.3. The number of nitrogens with one attached hydrogen (secondary N) is 1. The van der Waals surface area contributed by atoms with Crippen LogP contribution in [0.3, 0.4) is 0 Å². The van der Waals surface area contributed by atoms with Crippen LogP contribution in [0.2, 0.25) is 5.02 Å². The van der Waals surface area contributed by atoms with Crippen molar-refractivity contribution in [2.75, 3.05) is 6.54 Å². The smallest absolute Gasteiger partial charge is 0.252 e. The fraction of sp³-hybridized carbons (Fsp3) is 0.188. The van der Waals surface area contributed by atoms with Crippen molar-refractivity contribution in [3.63, 3.8) is 0 Å². The van der Waals surface area contributed by atoms with Gasteiger partial charge in [-0.2, -0.15) is 0 Å². The Morgan fingerprint density at radius 3 is 2.80 bits per heavy atom. The van der Waals surface area contributed by atoms with E-state index in [0.29, 0.717) is 17.1 Å². The Balaban J connectivity index is 1.94. The molecule has 0 aliphatic rings. The first-order valence-corrected chi connectivity index (χ1v) is 7.81. The molecule has 2 aromatic carbocycles. The minimum Gasteiger partial charge on any atom is -0.352 e. The summed E-state index contributed by atoms with van der Waals surface area (Å²) in [4.78, 5) is 12.1. The minimum atomic E-state index is -0.0791. The van der Waals surface area contributed by atoms with E-state index in [1.165, 1.54) is 11.1 Å². The highest BCUT2D eigenvalue weighted by Gasteiger charge is 2.09. The van der Waals surface area contributed by atoms with Gasteiger partial charge in [0.1, 0.15) is 0 Å². The lowest BCUT2D eigenvalue weighted by Gasteiger charge is -2.08. The molecule has 104 valence electrons. The highest BCUT2D eigenvalue weighted by molar-refractivity contribution is 14.1. The van der Waals surface area contributed by atoms with Gasteiger partial charge in [0.25, 0.3) is 5.91 Å². The van der Waals surface area contributed by atoms with Crippen molar-refractivity contribution < 1.29 is 4.79 Å². The van der Waals surface area contributed by atoms with Crippen LogP contribution in [0.1, 0.15) is 21.5 Å². The molecule has 0 unspecified atom stereocenters. The number of carbonyl (C=O) groups excluding carboxylic acids is 1. The van der Waals surface area contributed by atoms with E-state index >= 15 is 0 Å². The Bertz CT molecular complexity index is 628. The third kappa shape index (κ3) is 4.21. The molecule has 1 N–H and O–H groups in total. The summed E-state index contributed by atoms with van der Waals surface area (Å²) in [7, 11) is 0. The topological polar surface area (TPSA) is 29.1 Å². The Morgan fingerprint density at radius 2 is 2.05 bits per heavy atom. The van der Waals surface area contributed by atoms with Gasteiger partial charge in [-0.25, -0.2) is 0 Å². The van der Waals surface area contributed by atoms with Crippen LogP contribution < -0.4 is 5.32 Å². The van der Waals surface area contributed by atoms with Crippen molar-refractivity contribution in [1.29, 1.82) is 0 Å². The third-order valence-corrected chi connectivity index (χ3v) is 4.13. The molecule has 0 atom stereocenters. The van der Waals surface area contributed by atoms with E-state index in [1.807, 2.05) is 12.1 Å². The van der Waals surface area contributed by atoms with Crippen LogP contribution in [0, 0.1) is 10.5 Å². The molecule has 0 saturated heterocycles. The Hall–Kier alpha value is -1.07. The first-order valence-electron chi connectivity index (χ1n) is 6.35. The predicted octanol–water partition coefficient (Wildman–Crippen LogP) is 4.23. The summed E-state index contributed by atoms with van der Waals surface area (Å²) < 4.78 is 0.903. The van der Waals surface area contributed by atoms with Crippen LogP contribution >= 0.6 is 34.2 Å². The zero-order valence-electron chi connectivity index (χ0n) is 11.1. The van der Waals surface area contributed by atoms with Gasteiger partial charge in [-0.1, -0.05) is 41.4 Å². The van der Waals surface area contributed by atoms with Gasteiger partial charge in [0.05, 0.1) is 5.56 Å². The van der Waals surface area contributed by atoms with E-state index < -0.39 is 0 Å². The minimum absolute atomic E-state index is 0.0791. The molecule has 0 saturated carbocycles. The van der Waals surface area contributed by atoms with Gasteiger partial charge in [0.2, 0.25) is 0 Å². The van der Waals surface area contributed by atoms with Crippen LogP contribution in [-0.4, -0.2) is 12.5 Å². The average molecular weight is 400 g/mol. The van der Waals surface area contributed by atoms with Gasteiger partial charge in [0, 0.05) is 15.1 Å². The number of amides is 1. The maximum absolute atomic E-state index is 12.1. The number of hydrogen-bond donors (Lipinski definition) is 1. The van der Waals surface area contributed by atoms with E-state index in [1.54, 1.807) is 12.1 Å². The molecule has 4 heteroatoms. The van der Waals surface area contributed by atoms with Crippen molar-refractivity contribution in [3.8, 4) is 0 Å². The lowest BCUT2D eigenvalue weighted by atomic mass is 10.1. The van der Waals surface area contributed by atoms with E-state index in [4.69, 9.17) is 11.6 Å². The van der Waals surface area contributed by atoms with Crippen molar-refractivity contribution in [3.05, 3.63) is 67.7 Å². The number of hydrogen-bond acceptors (Lipinski definition) is 1. The van der Waals surface area contributed by atoms with Crippen molar-refractivity contribution in [2.24, 2.45) is 0 Å². The van der Waals surface area contributed by atoms with Gasteiger partial charge in [-0.3, -0.25) is 4.79 Å². The Labute approximate surface area is 137 Å². The normalized spacial score (nSPS) is 10.3. The van der Waals surface area contributed by atoms with E-state index in [2.05, 4.69) is 53.0 Å². The van der Waals surface area contributed by atoms with Crippen LogP contribution in [0.5, 0.6) is 0 Å². The molecular formula is C16H15ClINO. The summed E-state index contributed by atoms with van der Waals surface area (Å²) in [5.74, 6) is -0.0791. The van der Waals surface area contributed by atoms with Crippen molar-refractivity contribution in [2.45, 2.75) is 13.3 Å². The Kier molecular flexibility index (Phi) is 5.43. The van der Waals surface area contributed by atoms with Gasteiger partial charge < -0.3 is 5.32 Å². The summed E-state index contributed by atoms with van der Waals surface area (Å²) >= 11 is 8.07. The molecule has 0 aliphatic carbocycles. The van der Waals surface area contributed by atoms with Gasteiger partial charge >= 0.3 is 0 Å². The van der Waals surface area contributed by atoms with Gasteiger partial charge in [-0.15, -0.1) is 0 Å². The number of halogens is 2. The van der Waals surface area contributed by atoms with Crippen LogP contribution in [0.25, 0.3) is 0 Å². The summed E-state index contributed by atoms with van der Waals surface area (Å²) in [6.07, 6.45) is 0.824. The zero-order chi connectivity index (χ0) is 14.5. The molecule has 0 radical (unpaired) electrons. The zero-order valence-corrected chi connectivity index (χ0v) is 14.0. The lowest BCUT2D eigenvalue weighted by molar-refractivity contribution is 0.0953. The van der Waals surface area contributed by atoms with Crippen LogP contribution in [-0.2, 0) is 6.42 Å². The highest BCUT2D eigenvalue weighted by Crippen LogP contribution is 2.17. The molecule has 2 aromatic rings. The molecular weight excluding hydrogens is 385 g/mol. The van der Waals surface area contributed by atoms with Gasteiger partial charge in [0.15, 0.2) is 0 Å². The monoisotopic (exact) mass is 399 g/mol. The summed E-state index contributed by atoms with van der Waals surface area (Å²) in [6.45, 7) is 2.68. The molecule has 0 bridgehead atoms. The summed E-state index contributed by atoms with van der Waals surface area (Å²) in [5.41, 5.74) is 3.09. The maximum atomic E-state index is 12.1. The molecule has 0 aromatic heterocycles. The average Bonchev–Trinajstić information content (AvgIpc) is 2.41. The number of carbonyl (C=O) groups is 1. The fourth-order valence-corrected chi connectivity index (χ4v) is 2.71. The summed E-state index contributed by atoms with van der Waals surface area (Å²) in [5, 5.41) is 3.51. The first-order chi connectivity index (χ1) is 9.56. The van der Waals surface area contributed by atoms with Crippen LogP contribution in [0.15, 0.2) is 42.5 Å². The quantitative estimate of drug-likeness (QED) is 0.766. The molecule has 20 heavy (non-hydrogen) atoms. The van der Waals surface area contributed by atoms with Crippen molar-refractivity contribution in [1.82, 2.24) is 5.32 Å². The predicted molar refractivity (Wildman–Crippen MR) is 91.4 cm³/mol. The molecule has 0 aliphatic heterocycles. The SMILES string of the molecule is Cc1cccc(CCNC(=O)c2cc(Cl)ccc2I)c1. The highest BCUT2D eigenvalue weighted by atomic mass is 127. The van der Waals surface area contributed by atoms with E-state index in [9.17, 15) is 4.79 Å². The van der Waals surface area contributed by atoms with Crippen molar-refractivity contribution >= 4 is 40.1 Å². The van der Waals surface area contributed by atoms with E-state index in [0.717, 1.165) is 9.99 Å². The molecule has 2 nitrogen and oxygen atoms in total.